The van der Waals surface area contributed by atoms with E-state index in [9.17, 15) is 18.0 Å². The molecule has 3 rings (SSSR count). The molecule has 1 atom stereocenters. The van der Waals surface area contributed by atoms with E-state index in [1.807, 2.05) is 95.3 Å². The van der Waals surface area contributed by atoms with E-state index in [1.165, 1.54) is 4.90 Å². The normalized spacial score (nSPS) is 12.2. The molecule has 0 radical (unpaired) electrons. The van der Waals surface area contributed by atoms with Crippen molar-refractivity contribution in [2.45, 2.75) is 59.7 Å². The molecule has 0 bridgehead atoms. The van der Waals surface area contributed by atoms with Crippen LogP contribution in [-0.4, -0.2) is 50.0 Å². The van der Waals surface area contributed by atoms with Crippen LogP contribution in [0.3, 0.4) is 0 Å². The highest BCUT2D eigenvalue weighted by atomic mass is 32.2. The standard InChI is InChI=1S/C31H39N3O4S/c1-22(2)32-31(36)29(19-26-13-8-7-9-14-26)33(20-27-15-11-10-12-25(27)5)30(35)21-34(39(6,37)38)28-17-23(3)16-24(4)18-28/h7-18,22,29H,19-21H2,1-6H3,(H,32,36)/t29-/m1/s1. The summed E-state index contributed by atoms with van der Waals surface area (Å²) in [5.74, 6) is -0.740. The molecule has 39 heavy (non-hydrogen) atoms. The fourth-order valence-corrected chi connectivity index (χ4v) is 5.45. The van der Waals surface area contributed by atoms with Crippen LogP contribution in [-0.2, 0) is 32.6 Å². The highest BCUT2D eigenvalue weighted by Gasteiger charge is 2.33. The lowest BCUT2D eigenvalue weighted by Gasteiger charge is -2.34. The number of amides is 2. The van der Waals surface area contributed by atoms with Crippen LogP contribution in [0.5, 0.6) is 0 Å². The molecule has 0 aliphatic rings. The second kappa shape index (κ2) is 12.9. The lowest BCUT2D eigenvalue weighted by Crippen LogP contribution is -2.54. The Morgan fingerprint density at radius 2 is 1.46 bits per heavy atom. The van der Waals surface area contributed by atoms with E-state index in [0.717, 1.165) is 38.4 Å². The third kappa shape index (κ3) is 8.42. The van der Waals surface area contributed by atoms with E-state index < -0.39 is 28.5 Å². The van der Waals surface area contributed by atoms with Gasteiger partial charge in [0.25, 0.3) is 0 Å². The predicted molar refractivity (Wildman–Crippen MR) is 157 cm³/mol. The molecule has 0 fully saturated rings. The maximum absolute atomic E-state index is 14.1. The van der Waals surface area contributed by atoms with Gasteiger partial charge < -0.3 is 10.2 Å². The quantitative estimate of drug-likeness (QED) is 0.380. The Labute approximate surface area is 232 Å². The Kier molecular flexibility index (Phi) is 9.92. The van der Waals surface area contributed by atoms with Gasteiger partial charge in [-0.05, 0) is 74.6 Å². The van der Waals surface area contributed by atoms with E-state index in [1.54, 1.807) is 12.1 Å². The molecule has 0 heterocycles. The summed E-state index contributed by atoms with van der Waals surface area (Å²) in [7, 11) is -3.80. The van der Waals surface area contributed by atoms with Crippen LogP contribution >= 0.6 is 0 Å². The van der Waals surface area contributed by atoms with Crippen molar-refractivity contribution < 1.29 is 18.0 Å². The van der Waals surface area contributed by atoms with Crippen LogP contribution in [0.25, 0.3) is 0 Å². The number of nitrogens with one attached hydrogen (secondary N) is 1. The summed E-state index contributed by atoms with van der Waals surface area (Å²) in [5, 5.41) is 2.96. The van der Waals surface area contributed by atoms with Gasteiger partial charge in [-0.3, -0.25) is 13.9 Å². The third-order valence-electron chi connectivity index (χ3n) is 6.48. The predicted octanol–water partition coefficient (Wildman–Crippen LogP) is 4.54. The summed E-state index contributed by atoms with van der Waals surface area (Å²) in [6.45, 7) is 9.21. The van der Waals surface area contributed by atoms with Crippen molar-refractivity contribution in [2.24, 2.45) is 0 Å². The number of rotatable bonds is 11. The maximum Gasteiger partial charge on any atom is 0.244 e. The summed E-state index contributed by atoms with van der Waals surface area (Å²) >= 11 is 0. The molecule has 0 aliphatic heterocycles. The summed E-state index contributed by atoms with van der Waals surface area (Å²) in [5.41, 5.74) is 4.97. The second-order valence-electron chi connectivity index (χ2n) is 10.4. The van der Waals surface area contributed by atoms with E-state index >= 15 is 0 Å². The van der Waals surface area contributed by atoms with E-state index in [4.69, 9.17) is 0 Å². The van der Waals surface area contributed by atoms with Crippen molar-refractivity contribution in [1.29, 1.82) is 0 Å². The van der Waals surface area contributed by atoms with Crippen LogP contribution in [0.4, 0.5) is 5.69 Å². The first-order valence-electron chi connectivity index (χ1n) is 13.1. The van der Waals surface area contributed by atoms with Crippen LogP contribution in [0.15, 0.2) is 72.8 Å². The van der Waals surface area contributed by atoms with E-state index in [0.29, 0.717) is 12.1 Å². The number of nitrogens with zero attached hydrogens (tertiary/aromatic N) is 2. The first kappa shape index (κ1) is 29.9. The molecule has 0 aliphatic carbocycles. The van der Waals surface area contributed by atoms with E-state index in [2.05, 4.69) is 5.32 Å². The lowest BCUT2D eigenvalue weighted by molar-refractivity contribution is -0.140. The number of hydrogen-bond acceptors (Lipinski definition) is 4. The molecule has 0 aromatic heterocycles. The topological polar surface area (TPSA) is 86.8 Å². The Hall–Kier alpha value is -3.65. The molecular formula is C31H39N3O4S. The zero-order valence-corrected chi connectivity index (χ0v) is 24.5. The van der Waals surface area contributed by atoms with Gasteiger partial charge in [-0.15, -0.1) is 0 Å². The monoisotopic (exact) mass is 549 g/mol. The zero-order valence-electron chi connectivity index (χ0n) is 23.6. The Bertz CT molecular complexity index is 1380. The van der Waals surface area contributed by atoms with Gasteiger partial charge in [-0.25, -0.2) is 8.42 Å². The lowest BCUT2D eigenvalue weighted by atomic mass is 10.0. The minimum Gasteiger partial charge on any atom is -0.352 e. The van der Waals surface area contributed by atoms with Crippen molar-refractivity contribution in [1.82, 2.24) is 10.2 Å². The average molecular weight is 550 g/mol. The fourth-order valence-electron chi connectivity index (χ4n) is 4.61. The summed E-state index contributed by atoms with van der Waals surface area (Å²) in [6.07, 6.45) is 1.38. The van der Waals surface area contributed by atoms with Crippen LogP contribution in [0.2, 0.25) is 0 Å². The smallest absolute Gasteiger partial charge is 0.244 e. The molecule has 2 amide bonds. The molecule has 0 unspecified atom stereocenters. The van der Waals surface area contributed by atoms with Crippen LogP contribution < -0.4 is 9.62 Å². The Morgan fingerprint density at radius 1 is 0.872 bits per heavy atom. The number of carbonyl (C=O) groups is 2. The molecule has 208 valence electrons. The van der Waals surface area contributed by atoms with Crippen molar-refractivity contribution in [3.63, 3.8) is 0 Å². The molecule has 1 N–H and O–H groups in total. The molecule has 0 spiro atoms. The van der Waals surface area contributed by atoms with Crippen molar-refractivity contribution in [3.8, 4) is 0 Å². The van der Waals surface area contributed by atoms with Gasteiger partial charge in [0.1, 0.15) is 12.6 Å². The van der Waals surface area contributed by atoms with Gasteiger partial charge in [0.05, 0.1) is 11.9 Å². The second-order valence-corrected chi connectivity index (χ2v) is 12.3. The Balaban J connectivity index is 2.08. The highest BCUT2D eigenvalue weighted by molar-refractivity contribution is 7.92. The van der Waals surface area contributed by atoms with Crippen LogP contribution in [0, 0.1) is 20.8 Å². The summed E-state index contributed by atoms with van der Waals surface area (Å²) in [4.78, 5) is 29.2. The van der Waals surface area contributed by atoms with Crippen LogP contribution in [0.1, 0.15) is 41.7 Å². The number of hydrogen-bond donors (Lipinski definition) is 1. The summed E-state index contributed by atoms with van der Waals surface area (Å²) in [6, 6.07) is 21.7. The molecular weight excluding hydrogens is 510 g/mol. The fraction of sp³-hybridized carbons (Fsp3) is 0.355. The van der Waals surface area contributed by atoms with Gasteiger partial charge in [0.2, 0.25) is 21.8 Å². The highest BCUT2D eigenvalue weighted by Crippen LogP contribution is 2.23. The SMILES string of the molecule is Cc1cc(C)cc(N(CC(=O)N(Cc2ccccc2C)[C@H](Cc2ccccc2)C(=O)NC(C)C)S(C)(=O)=O)c1. The number of benzene rings is 3. The molecule has 3 aromatic rings. The van der Waals surface area contributed by atoms with Crippen molar-refractivity contribution >= 4 is 27.5 Å². The first-order valence-corrected chi connectivity index (χ1v) is 14.9. The zero-order chi connectivity index (χ0) is 28.7. The third-order valence-corrected chi connectivity index (χ3v) is 7.62. The molecule has 7 nitrogen and oxygen atoms in total. The average Bonchev–Trinajstić information content (AvgIpc) is 2.84. The van der Waals surface area contributed by atoms with Gasteiger partial charge in [-0.1, -0.05) is 60.7 Å². The minimum atomic E-state index is -3.80. The first-order chi connectivity index (χ1) is 18.3. The van der Waals surface area contributed by atoms with Gasteiger partial charge >= 0.3 is 0 Å². The van der Waals surface area contributed by atoms with Gasteiger partial charge in [0, 0.05) is 19.0 Å². The van der Waals surface area contributed by atoms with E-state index in [-0.39, 0.29) is 18.5 Å². The van der Waals surface area contributed by atoms with Crippen molar-refractivity contribution in [3.05, 3.63) is 101 Å². The van der Waals surface area contributed by atoms with Gasteiger partial charge in [-0.2, -0.15) is 0 Å². The number of aryl methyl sites for hydroxylation is 3. The van der Waals surface area contributed by atoms with Crippen molar-refractivity contribution in [2.75, 3.05) is 17.1 Å². The Morgan fingerprint density at radius 3 is 2.03 bits per heavy atom. The van der Waals surface area contributed by atoms with Gasteiger partial charge in [0.15, 0.2) is 0 Å². The minimum absolute atomic E-state index is 0.131. The molecule has 0 saturated carbocycles. The number of carbonyl (C=O) groups excluding carboxylic acids is 2. The molecule has 8 heteroatoms. The largest absolute Gasteiger partial charge is 0.352 e. The summed E-state index contributed by atoms with van der Waals surface area (Å²) < 4.78 is 27.0. The molecule has 3 aromatic carbocycles. The molecule has 0 saturated heterocycles. The number of sulfonamides is 1. The maximum atomic E-state index is 14.1. The number of anilines is 1.